The van der Waals surface area contributed by atoms with Crippen LogP contribution >= 0.6 is 23.5 Å². The lowest BCUT2D eigenvalue weighted by molar-refractivity contribution is -0.155. The molecule has 196 valence electrons. The molecule has 0 amide bonds. The number of anilines is 2. The van der Waals surface area contributed by atoms with Crippen LogP contribution in [-0.4, -0.2) is 86.8 Å². The van der Waals surface area contributed by atoms with Gasteiger partial charge in [0.1, 0.15) is 17.8 Å². The summed E-state index contributed by atoms with van der Waals surface area (Å²) in [5.74, 6) is 0.244. The van der Waals surface area contributed by atoms with Crippen LogP contribution in [0.1, 0.15) is 13.2 Å². The van der Waals surface area contributed by atoms with E-state index in [4.69, 9.17) is 20.3 Å². The molecular weight excluding hydrogens is 541 g/mol. The van der Waals surface area contributed by atoms with Gasteiger partial charge in [-0.3, -0.25) is 9.09 Å². The third-order valence-corrected chi connectivity index (χ3v) is 9.18. The summed E-state index contributed by atoms with van der Waals surface area (Å²) in [4.78, 5) is 50.2. The van der Waals surface area contributed by atoms with Crippen molar-refractivity contribution < 1.29 is 61.4 Å². The van der Waals surface area contributed by atoms with Crippen molar-refractivity contribution in [3.63, 3.8) is 0 Å². The van der Waals surface area contributed by atoms with E-state index in [1.165, 1.54) is 10.9 Å². The molecule has 2 aromatic heterocycles. The lowest BCUT2D eigenvalue weighted by Gasteiger charge is -2.33. The molecule has 4 rings (SSSR count). The van der Waals surface area contributed by atoms with Gasteiger partial charge in [-0.05, 0) is 6.92 Å². The van der Waals surface area contributed by atoms with Crippen LogP contribution in [0.15, 0.2) is 6.33 Å². The minimum atomic E-state index is -5.77. The molecule has 0 radical (unpaired) electrons. The molecule has 2 aliphatic rings. The number of nitrogen functional groups attached to an aromatic ring is 1. The van der Waals surface area contributed by atoms with Crippen LogP contribution < -0.4 is 10.6 Å². The van der Waals surface area contributed by atoms with E-state index >= 15 is 0 Å². The molecule has 2 aromatic rings. The minimum absolute atomic E-state index is 0.116. The lowest BCUT2D eigenvalue weighted by Crippen LogP contribution is -2.48. The average molecular weight is 562 g/mol. The van der Waals surface area contributed by atoms with E-state index < -0.39 is 53.1 Å². The van der Waals surface area contributed by atoms with E-state index in [0.717, 1.165) is 6.92 Å². The number of fused-ring (bicyclic) bond motifs is 2. The molecule has 1 aliphatic carbocycles. The molecule has 0 spiro atoms. The predicted octanol–water partition coefficient (Wildman–Crippen LogP) is -1.42. The Labute approximate surface area is 195 Å². The number of hydrogen-bond acceptors (Lipinski definition) is 14. The summed E-state index contributed by atoms with van der Waals surface area (Å²) in [5, 5.41) is 22.1. The molecule has 3 heterocycles. The first-order valence-electron chi connectivity index (χ1n) is 9.39. The van der Waals surface area contributed by atoms with Crippen molar-refractivity contribution in [3.05, 3.63) is 6.33 Å². The van der Waals surface area contributed by atoms with Crippen LogP contribution in [0.4, 0.5) is 11.8 Å². The zero-order valence-electron chi connectivity index (χ0n) is 18.0. The Bertz CT molecular complexity index is 1330. The first kappa shape index (κ1) is 26.5. The number of phosphoric ester groups is 1. The summed E-state index contributed by atoms with van der Waals surface area (Å²) < 4.78 is 53.2. The maximum Gasteiger partial charge on any atom is 0.490 e. The lowest BCUT2D eigenvalue weighted by atomic mass is 9.95. The Balaban J connectivity index is 1.57. The number of hydrogen-bond donors (Lipinski definition) is 7. The molecule has 1 saturated carbocycles. The van der Waals surface area contributed by atoms with Gasteiger partial charge in [-0.1, -0.05) is 0 Å². The van der Waals surface area contributed by atoms with Crippen molar-refractivity contribution >= 4 is 46.4 Å². The van der Waals surface area contributed by atoms with Gasteiger partial charge in [0.25, 0.3) is 0 Å². The Kier molecular flexibility index (Phi) is 6.03. The zero-order valence-corrected chi connectivity index (χ0v) is 20.7. The third kappa shape index (κ3) is 4.53. The highest BCUT2D eigenvalue weighted by molar-refractivity contribution is 7.66. The van der Waals surface area contributed by atoms with Crippen LogP contribution in [0.5, 0.6) is 0 Å². The fraction of sp³-hybridized carbons (Fsp3) is 0.615. The van der Waals surface area contributed by atoms with E-state index in [1.54, 1.807) is 19.0 Å². The molecule has 1 aliphatic heterocycles. The number of nitrogens with two attached hydrogens (primary N) is 1. The maximum absolute atomic E-state index is 12.1. The smallest absolute Gasteiger partial charge is 0.382 e. The first-order chi connectivity index (χ1) is 15.8. The standard InChI is InChI=1S/C13H21N6O13P3/c1-12(20)10(19-4-15-5-8(18(2)3)16-11(14)17-9(5)19)29-6-7(13(6,12)21)30-34(25,26)32-35(27,28)31-33(22,23)24/h4,6-7,10,20-21H,1-3H3,(H,25,26)(H,27,28)(H2,14,16,17)(H2,22,23,24)/t6-,7?,10-,12+,13+/m1/s1. The molecule has 8 N–H and O–H groups in total. The van der Waals surface area contributed by atoms with Gasteiger partial charge in [0.2, 0.25) is 5.95 Å². The molecule has 0 aromatic carbocycles. The molecule has 35 heavy (non-hydrogen) atoms. The molecule has 22 heteroatoms. The highest BCUT2D eigenvalue weighted by Crippen LogP contribution is 2.70. The van der Waals surface area contributed by atoms with Gasteiger partial charge >= 0.3 is 23.5 Å². The summed E-state index contributed by atoms with van der Waals surface area (Å²) in [6.07, 6.45) is -3.31. The van der Waals surface area contributed by atoms with Gasteiger partial charge < -0.3 is 45.2 Å². The number of aromatic nitrogens is 4. The second kappa shape index (κ2) is 7.97. The molecule has 7 atom stereocenters. The second-order valence-electron chi connectivity index (χ2n) is 8.12. The monoisotopic (exact) mass is 562 g/mol. The largest absolute Gasteiger partial charge is 0.490 e. The Hall–Kier alpha value is -1.56. The quantitative estimate of drug-likeness (QED) is 0.182. The zero-order chi connectivity index (χ0) is 26.4. The van der Waals surface area contributed by atoms with E-state index in [2.05, 4.69) is 28.1 Å². The van der Waals surface area contributed by atoms with Gasteiger partial charge in [-0.2, -0.15) is 18.6 Å². The summed E-state index contributed by atoms with van der Waals surface area (Å²) in [7, 11) is -13.6. The van der Waals surface area contributed by atoms with Crippen LogP contribution in [0.3, 0.4) is 0 Å². The molecule has 1 saturated heterocycles. The van der Waals surface area contributed by atoms with Crippen LogP contribution in [0.25, 0.3) is 11.2 Å². The van der Waals surface area contributed by atoms with Crippen molar-refractivity contribution in [1.29, 1.82) is 0 Å². The van der Waals surface area contributed by atoms with E-state index in [9.17, 15) is 33.7 Å². The van der Waals surface area contributed by atoms with Crippen molar-refractivity contribution in [2.24, 2.45) is 0 Å². The summed E-state index contributed by atoms with van der Waals surface area (Å²) in [6.45, 7) is 1.13. The van der Waals surface area contributed by atoms with Crippen LogP contribution in [-0.2, 0) is 31.6 Å². The highest BCUT2D eigenvalue weighted by atomic mass is 31.3. The fourth-order valence-electron chi connectivity index (χ4n) is 3.85. The van der Waals surface area contributed by atoms with E-state index in [0.29, 0.717) is 11.3 Å². The number of phosphoric acid groups is 3. The highest BCUT2D eigenvalue weighted by Gasteiger charge is 2.84. The maximum atomic E-state index is 12.1. The molecule has 19 nitrogen and oxygen atoms in total. The van der Waals surface area contributed by atoms with Crippen molar-refractivity contribution in [1.82, 2.24) is 19.5 Å². The van der Waals surface area contributed by atoms with Gasteiger partial charge in [0.05, 0.1) is 6.33 Å². The molecule has 2 fully saturated rings. The second-order valence-corrected chi connectivity index (χ2v) is 12.5. The Morgan fingerprint density at radius 2 is 1.74 bits per heavy atom. The van der Waals surface area contributed by atoms with Gasteiger partial charge in [-0.15, -0.1) is 0 Å². The predicted molar refractivity (Wildman–Crippen MR) is 112 cm³/mol. The number of ether oxygens (including phenoxy) is 1. The van der Waals surface area contributed by atoms with Gasteiger partial charge in [-0.25, -0.2) is 18.7 Å². The van der Waals surface area contributed by atoms with Gasteiger partial charge in [0, 0.05) is 14.1 Å². The van der Waals surface area contributed by atoms with Crippen molar-refractivity contribution in [3.8, 4) is 0 Å². The molecule has 0 bridgehead atoms. The SMILES string of the molecule is CN(C)c1nc(N)nc2c1ncn2[C@@H]1O[C@@H]2C(OP(=O)(O)OP(=O)(O)OP(=O)(O)O)[C@]2(O)[C@@]1(C)O. The van der Waals surface area contributed by atoms with Crippen LogP contribution in [0, 0.1) is 0 Å². The van der Waals surface area contributed by atoms with E-state index in [1.807, 2.05) is 0 Å². The number of imidazole rings is 1. The van der Waals surface area contributed by atoms with Crippen LogP contribution in [0.2, 0.25) is 0 Å². The summed E-state index contributed by atoms with van der Waals surface area (Å²) in [6, 6.07) is 0. The molecular formula is C13H21N6O13P3. The number of rotatable bonds is 8. The van der Waals surface area contributed by atoms with Crippen molar-refractivity contribution in [2.75, 3.05) is 24.7 Å². The fourth-order valence-corrected chi connectivity index (χ4v) is 7.07. The number of nitrogens with zero attached hydrogens (tertiary/aromatic N) is 5. The summed E-state index contributed by atoms with van der Waals surface area (Å²) in [5.41, 5.74) is 1.64. The topological polar surface area (TPSA) is 282 Å². The van der Waals surface area contributed by atoms with Gasteiger partial charge in [0.15, 0.2) is 28.8 Å². The van der Waals surface area contributed by atoms with E-state index in [-0.39, 0.29) is 11.6 Å². The average Bonchev–Trinajstić information content (AvgIpc) is 2.91. The summed E-state index contributed by atoms with van der Waals surface area (Å²) >= 11 is 0. The van der Waals surface area contributed by atoms with Crippen molar-refractivity contribution in [2.45, 2.75) is 36.6 Å². The first-order valence-corrected chi connectivity index (χ1v) is 13.9. The minimum Gasteiger partial charge on any atom is -0.382 e. The number of aliphatic hydroxyl groups is 2. The molecule has 3 unspecified atom stereocenters. The third-order valence-electron chi connectivity index (χ3n) is 5.36. The Morgan fingerprint density at radius 1 is 1.11 bits per heavy atom. The normalized spacial score (nSPS) is 33.8. The Morgan fingerprint density at radius 3 is 2.26 bits per heavy atom.